The second kappa shape index (κ2) is 5.58. The smallest absolute Gasteiger partial charge is 0.231 e. The third-order valence-corrected chi connectivity index (χ3v) is 3.76. The Bertz CT molecular complexity index is 780. The lowest BCUT2D eigenvalue weighted by Crippen LogP contribution is -1.92. The maximum atomic E-state index is 13.8. The van der Waals surface area contributed by atoms with Crippen LogP contribution in [-0.2, 0) is 0 Å². The third-order valence-electron chi connectivity index (χ3n) is 3.08. The molecule has 2 aromatic rings. The molecule has 3 rings (SSSR count). The van der Waals surface area contributed by atoms with Gasteiger partial charge >= 0.3 is 0 Å². The van der Waals surface area contributed by atoms with Crippen LogP contribution in [0.25, 0.3) is 11.6 Å². The van der Waals surface area contributed by atoms with E-state index in [0.29, 0.717) is 11.5 Å². The van der Waals surface area contributed by atoms with Crippen LogP contribution in [0.1, 0.15) is 11.1 Å². The van der Waals surface area contributed by atoms with Crippen molar-refractivity contribution in [2.45, 2.75) is 0 Å². The standard InChI is InChI=1S/C16H9BrFNO2/c17-13-7-16-15(20-9-21-16)6-10(13)5-11(8-19)12-3-1-2-4-14(12)18/h1-7H,9H2. The number of ether oxygens (including phenoxy) is 2. The average Bonchev–Trinajstić information content (AvgIpc) is 2.92. The molecule has 3 nitrogen and oxygen atoms in total. The van der Waals surface area contributed by atoms with Gasteiger partial charge in [0.25, 0.3) is 0 Å². The number of benzene rings is 2. The van der Waals surface area contributed by atoms with Crippen molar-refractivity contribution < 1.29 is 13.9 Å². The lowest BCUT2D eigenvalue weighted by atomic mass is 10.0. The molecule has 1 aliphatic rings. The zero-order valence-corrected chi connectivity index (χ0v) is 12.4. The van der Waals surface area contributed by atoms with Crippen molar-refractivity contribution in [2.24, 2.45) is 0 Å². The van der Waals surface area contributed by atoms with Crippen molar-refractivity contribution in [2.75, 3.05) is 6.79 Å². The minimum atomic E-state index is -0.429. The molecule has 0 spiro atoms. The predicted molar refractivity (Wildman–Crippen MR) is 80.1 cm³/mol. The van der Waals surface area contributed by atoms with Crippen LogP contribution < -0.4 is 9.47 Å². The first kappa shape index (κ1) is 13.7. The summed E-state index contributed by atoms with van der Waals surface area (Å²) in [5.41, 5.74) is 1.23. The van der Waals surface area contributed by atoms with Crippen molar-refractivity contribution in [3.05, 3.63) is 57.8 Å². The maximum absolute atomic E-state index is 13.8. The zero-order valence-electron chi connectivity index (χ0n) is 10.8. The number of allylic oxidation sites excluding steroid dienone is 1. The van der Waals surface area contributed by atoms with E-state index in [2.05, 4.69) is 15.9 Å². The molecule has 0 fully saturated rings. The van der Waals surface area contributed by atoms with Crippen LogP contribution in [0.15, 0.2) is 40.9 Å². The Morgan fingerprint density at radius 1 is 1.24 bits per heavy atom. The van der Waals surface area contributed by atoms with Crippen LogP contribution in [0, 0.1) is 17.1 Å². The van der Waals surface area contributed by atoms with Crippen molar-refractivity contribution in [1.29, 1.82) is 5.26 Å². The number of nitrogens with zero attached hydrogens (tertiary/aromatic N) is 1. The molecule has 2 aromatic carbocycles. The van der Waals surface area contributed by atoms with Gasteiger partial charge in [0.05, 0.1) is 11.6 Å². The van der Waals surface area contributed by atoms with Crippen LogP contribution in [0.2, 0.25) is 0 Å². The van der Waals surface area contributed by atoms with E-state index < -0.39 is 5.82 Å². The summed E-state index contributed by atoms with van der Waals surface area (Å²) in [6.07, 6.45) is 1.62. The molecule has 1 aliphatic heterocycles. The fourth-order valence-corrected chi connectivity index (χ4v) is 2.49. The molecule has 0 saturated heterocycles. The summed E-state index contributed by atoms with van der Waals surface area (Å²) in [6.45, 7) is 0.174. The summed E-state index contributed by atoms with van der Waals surface area (Å²) >= 11 is 3.42. The van der Waals surface area contributed by atoms with Gasteiger partial charge in [-0.05, 0) is 29.8 Å². The van der Waals surface area contributed by atoms with Gasteiger partial charge in [-0.3, -0.25) is 0 Å². The Balaban J connectivity index is 2.08. The topological polar surface area (TPSA) is 42.2 Å². The van der Waals surface area contributed by atoms with Gasteiger partial charge in [-0.1, -0.05) is 34.1 Å². The molecule has 0 aliphatic carbocycles. The molecule has 0 amide bonds. The molecule has 0 N–H and O–H groups in total. The number of hydrogen-bond donors (Lipinski definition) is 0. The van der Waals surface area contributed by atoms with Crippen LogP contribution in [-0.4, -0.2) is 6.79 Å². The fourth-order valence-electron chi connectivity index (χ4n) is 2.05. The van der Waals surface area contributed by atoms with Gasteiger partial charge in [-0.2, -0.15) is 5.26 Å². The quantitative estimate of drug-likeness (QED) is 0.599. The van der Waals surface area contributed by atoms with E-state index in [9.17, 15) is 9.65 Å². The summed E-state index contributed by atoms with van der Waals surface area (Å²) in [5, 5.41) is 9.29. The van der Waals surface area contributed by atoms with Crippen LogP contribution in [0.5, 0.6) is 11.5 Å². The van der Waals surface area contributed by atoms with E-state index in [1.54, 1.807) is 36.4 Å². The summed E-state index contributed by atoms with van der Waals surface area (Å²) in [5.74, 6) is 0.820. The lowest BCUT2D eigenvalue weighted by Gasteiger charge is -2.04. The normalized spacial score (nSPS) is 13.1. The first-order valence-electron chi connectivity index (χ1n) is 6.15. The lowest BCUT2D eigenvalue weighted by molar-refractivity contribution is 0.174. The van der Waals surface area contributed by atoms with Crippen LogP contribution in [0.4, 0.5) is 4.39 Å². The summed E-state index contributed by atoms with van der Waals surface area (Å²) in [7, 11) is 0. The molecule has 0 unspecified atom stereocenters. The van der Waals surface area contributed by atoms with E-state index in [0.717, 1.165) is 10.0 Å². The number of nitriles is 1. The largest absolute Gasteiger partial charge is 0.454 e. The van der Waals surface area contributed by atoms with Gasteiger partial charge in [0.1, 0.15) is 5.82 Å². The monoisotopic (exact) mass is 345 g/mol. The number of fused-ring (bicyclic) bond motifs is 1. The van der Waals surface area contributed by atoms with Gasteiger partial charge in [-0.25, -0.2) is 4.39 Å². The molecule has 0 radical (unpaired) electrons. The molecule has 104 valence electrons. The van der Waals surface area contributed by atoms with Gasteiger partial charge in [0.2, 0.25) is 6.79 Å². The Morgan fingerprint density at radius 3 is 2.67 bits per heavy atom. The number of rotatable bonds is 2. The Hall–Kier alpha value is -2.32. The summed E-state index contributed by atoms with van der Waals surface area (Å²) in [6, 6.07) is 11.7. The molecule has 0 bridgehead atoms. The maximum Gasteiger partial charge on any atom is 0.231 e. The van der Waals surface area contributed by atoms with Crippen molar-refractivity contribution >= 4 is 27.6 Å². The highest BCUT2D eigenvalue weighted by Crippen LogP contribution is 2.38. The predicted octanol–water partition coefficient (Wildman–Crippen LogP) is 4.38. The number of halogens is 2. The minimum Gasteiger partial charge on any atom is -0.454 e. The molecular weight excluding hydrogens is 337 g/mol. The molecule has 1 heterocycles. The van der Waals surface area contributed by atoms with Crippen molar-refractivity contribution in [1.82, 2.24) is 0 Å². The molecule has 0 saturated carbocycles. The average molecular weight is 346 g/mol. The second-order valence-electron chi connectivity index (χ2n) is 4.38. The molecule has 5 heteroatoms. The van der Waals surface area contributed by atoms with Crippen LogP contribution in [0.3, 0.4) is 0 Å². The fraction of sp³-hybridized carbons (Fsp3) is 0.0625. The van der Waals surface area contributed by atoms with Gasteiger partial charge in [0.15, 0.2) is 11.5 Å². The highest BCUT2D eigenvalue weighted by molar-refractivity contribution is 9.10. The van der Waals surface area contributed by atoms with Gasteiger partial charge in [-0.15, -0.1) is 0 Å². The van der Waals surface area contributed by atoms with E-state index in [1.165, 1.54) is 6.07 Å². The minimum absolute atomic E-state index is 0.174. The van der Waals surface area contributed by atoms with Gasteiger partial charge in [0, 0.05) is 10.0 Å². The first-order chi connectivity index (χ1) is 10.2. The molecule has 21 heavy (non-hydrogen) atoms. The van der Waals surface area contributed by atoms with E-state index in [-0.39, 0.29) is 17.9 Å². The third kappa shape index (κ3) is 2.63. The Kier molecular flexibility index (Phi) is 3.63. The second-order valence-corrected chi connectivity index (χ2v) is 5.23. The molecule has 0 aromatic heterocycles. The highest BCUT2D eigenvalue weighted by atomic mass is 79.9. The SMILES string of the molecule is N#CC(=Cc1cc2c(cc1Br)OCO2)c1ccccc1F. The first-order valence-corrected chi connectivity index (χ1v) is 6.94. The molecular formula is C16H9BrFNO2. The van der Waals surface area contributed by atoms with E-state index >= 15 is 0 Å². The summed E-state index contributed by atoms with van der Waals surface area (Å²) < 4.78 is 25.1. The van der Waals surface area contributed by atoms with Gasteiger partial charge < -0.3 is 9.47 Å². The molecule has 0 atom stereocenters. The van der Waals surface area contributed by atoms with Crippen molar-refractivity contribution in [3.63, 3.8) is 0 Å². The van der Waals surface area contributed by atoms with Crippen LogP contribution >= 0.6 is 15.9 Å². The van der Waals surface area contributed by atoms with Crippen molar-refractivity contribution in [3.8, 4) is 17.6 Å². The highest BCUT2D eigenvalue weighted by Gasteiger charge is 2.16. The Morgan fingerprint density at radius 2 is 1.95 bits per heavy atom. The zero-order chi connectivity index (χ0) is 14.8. The van der Waals surface area contributed by atoms with E-state index in [1.807, 2.05) is 6.07 Å². The Labute approximate surface area is 129 Å². The van der Waals surface area contributed by atoms with E-state index in [4.69, 9.17) is 9.47 Å². The number of hydrogen-bond acceptors (Lipinski definition) is 3. The summed E-state index contributed by atoms with van der Waals surface area (Å²) in [4.78, 5) is 0.